The van der Waals surface area contributed by atoms with E-state index in [0.717, 1.165) is 57.3 Å². The van der Waals surface area contributed by atoms with Crippen molar-refractivity contribution < 1.29 is 4.74 Å². The summed E-state index contributed by atoms with van der Waals surface area (Å²) >= 11 is 2.02. The predicted octanol–water partition coefficient (Wildman–Crippen LogP) is 2.04. The van der Waals surface area contributed by atoms with Gasteiger partial charge in [-0.15, -0.1) is 0 Å². The lowest BCUT2D eigenvalue weighted by atomic mass is 10.1. The summed E-state index contributed by atoms with van der Waals surface area (Å²) in [5.74, 6) is 4.53. The molecule has 0 atom stereocenters. The molecule has 2 aliphatic rings. The fraction of sp³-hybridized carbons (Fsp3) is 0.733. The Morgan fingerprint density at radius 1 is 1.10 bits per heavy atom. The highest BCUT2D eigenvalue weighted by Crippen LogP contribution is 2.23. The van der Waals surface area contributed by atoms with Crippen molar-refractivity contribution in [3.8, 4) is 0 Å². The molecule has 21 heavy (non-hydrogen) atoms. The zero-order valence-electron chi connectivity index (χ0n) is 12.7. The number of rotatable bonds is 4. The number of thioether (sulfide) groups is 1. The molecule has 2 fully saturated rings. The van der Waals surface area contributed by atoms with E-state index in [1.165, 1.54) is 11.5 Å². The molecule has 0 aromatic carbocycles. The Bertz CT molecular complexity index is 445. The molecule has 0 N–H and O–H groups in total. The summed E-state index contributed by atoms with van der Waals surface area (Å²) in [5.41, 5.74) is 0. The zero-order chi connectivity index (χ0) is 14.5. The molecule has 2 saturated heterocycles. The zero-order valence-corrected chi connectivity index (χ0v) is 13.5. The van der Waals surface area contributed by atoms with E-state index in [1.807, 2.05) is 11.8 Å². The van der Waals surface area contributed by atoms with Crippen LogP contribution in [-0.2, 0) is 4.74 Å². The van der Waals surface area contributed by atoms with Gasteiger partial charge < -0.3 is 14.5 Å². The van der Waals surface area contributed by atoms with Gasteiger partial charge in [-0.3, -0.25) is 0 Å². The molecule has 0 saturated carbocycles. The van der Waals surface area contributed by atoms with Gasteiger partial charge in [0.15, 0.2) is 0 Å². The predicted molar refractivity (Wildman–Crippen MR) is 88.4 cm³/mol. The van der Waals surface area contributed by atoms with Crippen molar-refractivity contribution >= 4 is 23.4 Å². The Hall–Kier alpha value is -1.01. The molecule has 0 radical (unpaired) electrons. The smallest absolute Gasteiger partial charge is 0.134 e. The SMILES string of the molecule is CCOC1CCN(c2cc(N3CCSCC3)ncn2)CC1. The molecule has 6 heteroatoms. The lowest BCUT2D eigenvalue weighted by molar-refractivity contribution is 0.0458. The topological polar surface area (TPSA) is 41.5 Å². The summed E-state index contributed by atoms with van der Waals surface area (Å²) < 4.78 is 5.72. The van der Waals surface area contributed by atoms with Crippen LogP contribution in [0.3, 0.4) is 0 Å². The molecule has 0 spiro atoms. The number of hydrogen-bond acceptors (Lipinski definition) is 6. The summed E-state index contributed by atoms with van der Waals surface area (Å²) in [7, 11) is 0. The van der Waals surface area contributed by atoms with Gasteiger partial charge in [-0.25, -0.2) is 9.97 Å². The third-order valence-electron chi connectivity index (χ3n) is 4.14. The third kappa shape index (κ3) is 3.80. The van der Waals surface area contributed by atoms with Crippen molar-refractivity contribution in [1.29, 1.82) is 0 Å². The fourth-order valence-corrected chi connectivity index (χ4v) is 3.87. The largest absolute Gasteiger partial charge is 0.378 e. The second-order valence-corrected chi connectivity index (χ2v) is 6.70. The maximum absolute atomic E-state index is 5.72. The van der Waals surface area contributed by atoms with Gasteiger partial charge in [0.25, 0.3) is 0 Å². The van der Waals surface area contributed by atoms with Crippen molar-refractivity contribution in [3.63, 3.8) is 0 Å². The fourth-order valence-electron chi connectivity index (χ4n) is 2.96. The monoisotopic (exact) mass is 308 g/mol. The van der Waals surface area contributed by atoms with Crippen molar-refractivity contribution in [3.05, 3.63) is 12.4 Å². The van der Waals surface area contributed by atoms with Crippen LogP contribution in [0.4, 0.5) is 11.6 Å². The highest BCUT2D eigenvalue weighted by molar-refractivity contribution is 7.99. The summed E-state index contributed by atoms with van der Waals surface area (Å²) in [4.78, 5) is 13.7. The van der Waals surface area contributed by atoms with Gasteiger partial charge in [0.2, 0.25) is 0 Å². The van der Waals surface area contributed by atoms with Crippen LogP contribution in [0.2, 0.25) is 0 Å². The van der Waals surface area contributed by atoms with Crippen LogP contribution in [0, 0.1) is 0 Å². The Kier molecular flexibility index (Phi) is 5.19. The minimum Gasteiger partial charge on any atom is -0.378 e. The molecule has 1 aromatic heterocycles. The molecule has 0 bridgehead atoms. The Labute approximate surface area is 131 Å². The van der Waals surface area contributed by atoms with Gasteiger partial charge in [-0.2, -0.15) is 11.8 Å². The minimum absolute atomic E-state index is 0.423. The molecular weight excluding hydrogens is 284 g/mol. The second-order valence-electron chi connectivity index (χ2n) is 5.48. The summed E-state index contributed by atoms with van der Waals surface area (Å²) in [6, 6.07) is 2.15. The van der Waals surface area contributed by atoms with Gasteiger partial charge in [-0.05, 0) is 19.8 Å². The van der Waals surface area contributed by atoms with Gasteiger partial charge >= 0.3 is 0 Å². The van der Waals surface area contributed by atoms with Crippen LogP contribution in [0.15, 0.2) is 12.4 Å². The molecule has 3 rings (SSSR count). The van der Waals surface area contributed by atoms with Crippen molar-refractivity contribution in [1.82, 2.24) is 9.97 Å². The highest BCUT2D eigenvalue weighted by Gasteiger charge is 2.21. The first-order valence-corrected chi connectivity index (χ1v) is 9.03. The van der Waals surface area contributed by atoms with Gasteiger partial charge in [0.05, 0.1) is 6.10 Å². The third-order valence-corrected chi connectivity index (χ3v) is 5.08. The lowest BCUT2D eigenvalue weighted by Crippen LogP contribution is -2.38. The van der Waals surface area contributed by atoms with Crippen LogP contribution in [0.5, 0.6) is 0 Å². The molecular formula is C15H24N4OS. The number of piperidine rings is 1. The van der Waals surface area contributed by atoms with Gasteiger partial charge in [0, 0.05) is 50.4 Å². The van der Waals surface area contributed by atoms with E-state index in [0.29, 0.717) is 6.10 Å². The van der Waals surface area contributed by atoms with Crippen molar-refractivity contribution in [2.45, 2.75) is 25.9 Å². The maximum atomic E-state index is 5.72. The van der Waals surface area contributed by atoms with Gasteiger partial charge in [0.1, 0.15) is 18.0 Å². The summed E-state index contributed by atoms with van der Waals surface area (Å²) in [5, 5.41) is 0. The number of hydrogen-bond donors (Lipinski definition) is 0. The first-order chi connectivity index (χ1) is 10.4. The van der Waals surface area contributed by atoms with Crippen LogP contribution in [0.1, 0.15) is 19.8 Å². The first-order valence-electron chi connectivity index (χ1n) is 7.88. The van der Waals surface area contributed by atoms with E-state index < -0.39 is 0 Å². The van der Waals surface area contributed by atoms with E-state index in [-0.39, 0.29) is 0 Å². The second kappa shape index (κ2) is 7.31. The van der Waals surface area contributed by atoms with Crippen LogP contribution >= 0.6 is 11.8 Å². The average molecular weight is 308 g/mol. The van der Waals surface area contributed by atoms with Gasteiger partial charge in [-0.1, -0.05) is 0 Å². The molecule has 5 nitrogen and oxygen atoms in total. The van der Waals surface area contributed by atoms with E-state index in [4.69, 9.17) is 4.74 Å². The number of ether oxygens (including phenoxy) is 1. The number of nitrogens with zero attached hydrogens (tertiary/aromatic N) is 4. The first kappa shape index (κ1) is 14.9. The Morgan fingerprint density at radius 2 is 1.71 bits per heavy atom. The van der Waals surface area contributed by atoms with Crippen LogP contribution in [-0.4, -0.2) is 60.4 Å². The standard InChI is InChI=1S/C15H24N4OS/c1-2-20-13-3-5-18(6-4-13)14-11-15(17-12-16-14)19-7-9-21-10-8-19/h11-13H,2-10H2,1H3. The maximum Gasteiger partial charge on any atom is 0.134 e. The molecule has 116 valence electrons. The van der Waals surface area contributed by atoms with E-state index in [1.54, 1.807) is 6.33 Å². The van der Waals surface area contributed by atoms with E-state index in [2.05, 4.69) is 32.8 Å². The average Bonchev–Trinajstić information content (AvgIpc) is 2.57. The lowest BCUT2D eigenvalue weighted by Gasteiger charge is -2.33. The van der Waals surface area contributed by atoms with Crippen molar-refractivity contribution in [2.24, 2.45) is 0 Å². The number of anilines is 2. The molecule has 2 aliphatic heterocycles. The Balaban J connectivity index is 1.63. The molecule has 0 amide bonds. The summed E-state index contributed by atoms with van der Waals surface area (Å²) in [6.07, 6.45) is 4.31. The minimum atomic E-state index is 0.423. The normalized spacial score (nSPS) is 20.8. The number of aromatic nitrogens is 2. The molecule has 1 aromatic rings. The molecule has 3 heterocycles. The highest BCUT2D eigenvalue weighted by atomic mass is 32.2. The quantitative estimate of drug-likeness (QED) is 0.848. The van der Waals surface area contributed by atoms with Crippen LogP contribution in [0.25, 0.3) is 0 Å². The molecule has 0 aliphatic carbocycles. The van der Waals surface area contributed by atoms with Crippen LogP contribution < -0.4 is 9.80 Å². The van der Waals surface area contributed by atoms with E-state index in [9.17, 15) is 0 Å². The summed E-state index contributed by atoms with van der Waals surface area (Å²) in [6.45, 7) is 7.12. The Morgan fingerprint density at radius 3 is 2.33 bits per heavy atom. The van der Waals surface area contributed by atoms with Crippen molar-refractivity contribution in [2.75, 3.05) is 54.1 Å². The van der Waals surface area contributed by atoms with E-state index >= 15 is 0 Å². The molecule has 0 unspecified atom stereocenters.